The minimum Gasteiger partial charge on any atom is -0.431 e. The second kappa shape index (κ2) is 14.1. The van der Waals surface area contributed by atoms with Crippen LogP contribution in [0.25, 0.3) is 11.3 Å². The zero-order valence-corrected chi connectivity index (χ0v) is 26.3. The number of ether oxygens (including phenoxy) is 2. The summed E-state index contributed by atoms with van der Waals surface area (Å²) >= 11 is 0. The van der Waals surface area contributed by atoms with Crippen LogP contribution in [0.3, 0.4) is 0 Å². The number of hydrogen-bond acceptors (Lipinski definition) is 9. The lowest BCUT2D eigenvalue weighted by atomic mass is 9.96. The molecule has 2 fully saturated rings. The maximum absolute atomic E-state index is 13.0. The predicted molar refractivity (Wildman–Crippen MR) is 175 cm³/mol. The molecule has 2 aliphatic rings. The Morgan fingerprint density at radius 1 is 1.02 bits per heavy atom. The first-order valence-corrected chi connectivity index (χ1v) is 15.7. The van der Waals surface area contributed by atoms with E-state index in [1.807, 2.05) is 67.6 Å². The second-order valence-corrected chi connectivity index (χ2v) is 12.4. The van der Waals surface area contributed by atoms with E-state index in [0.29, 0.717) is 28.4 Å². The molecule has 0 unspecified atom stereocenters. The molecule has 2 aromatic heterocycles. The summed E-state index contributed by atoms with van der Waals surface area (Å²) in [5.74, 6) is 0.315. The fraction of sp³-hybridized carbons (Fsp3) is 0.343. The fourth-order valence-corrected chi connectivity index (χ4v) is 5.46. The van der Waals surface area contributed by atoms with E-state index in [1.165, 1.54) is 0 Å². The van der Waals surface area contributed by atoms with Gasteiger partial charge in [0.25, 0.3) is 5.91 Å². The van der Waals surface area contributed by atoms with Gasteiger partial charge in [0, 0.05) is 60.7 Å². The van der Waals surface area contributed by atoms with Gasteiger partial charge in [0.2, 0.25) is 12.7 Å². The van der Waals surface area contributed by atoms with E-state index in [1.54, 1.807) is 18.6 Å². The molecule has 0 bridgehead atoms. The summed E-state index contributed by atoms with van der Waals surface area (Å²) in [5.41, 5.74) is 5.93. The van der Waals surface area contributed by atoms with Gasteiger partial charge in [-0.15, -0.1) is 0 Å². The summed E-state index contributed by atoms with van der Waals surface area (Å²) in [6.45, 7) is 6.66. The number of aryl methyl sites for hydroxylation is 1. The van der Waals surface area contributed by atoms with Crippen molar-refractivity contribution in [2.45, 2.75) is 38.8 Å². The number of benzene rings is 2. The first-order chi connectivity index (χ1) is 22.3. The van der Waals surface area contributed by atoms with E-state index in [4.69, 9.17) is 9.47 Å². The molecule has 1 saturated carbocycles. The normalized spacial score (nSPS) is 16.2. The van der Waals surface area contributed by atoms with Gasteiger partial charge in [-0.2, -0.15) is 0 Å². The highest BCUT2D eigenvalue weighted by Crippen LogP contribution is 2.25. The Kier molecular flexibility index (Phi) is 9.51. The van der Waals surface area contributed by atoms with Crippen molar-refractivity contribution in [2.75, 3.05) is 50.6 Å². The van der Waals surface area contributed by atoms with Gasteiger partial charge in [-0.25, -0.2) is 14.8 Å². The molecule has 238 valence electrons. The third kappa shape index (κ3) is 8.04. The largest absolute Gasteiger partial charge is 0.512 e. The Balaban J connectivity index is 0.971. The standard InChI is InChI=1S/C35H39N7O4/c1-25-21-29(12-13-31(25)39-34-37-16-14-32(40-34)28-5-4-15-36-22-28)38-33(43)27-10-8-26(9-11-27)23-41-17-19-42(2,20-18-41)24-45-35(44)46-30-6-3-7-30/h4-5,8-16,21-22,30H,3,6-7,17-20,23-24H2,1-2H3,(H-,37,38,39,40,43)/p+1. The Morgan fingerprint density at radius 2 is 1.83 bits per heavy atom. The number of nitrogens with zero attached hydrogens (tertiary/aromatic N) is 5. The third-order valence-corrected chi connectivity index (χ3v) is 8.69. The Bertz CT molecular complexity index is 1650. The van der Waals surface area contributed by atoms with Crippen LogP contribution in [-0.4, -0.2) is 82.5 Å². The van der Waals surface area contributed by atoms with Gasteiger partial charge in [0.1, 0.15) is 6.10 Å². The quantitative estimate of drug-likeness (QED) is 0.168. The molecule has 1 aliphatic heterocycles. The molecule has 0 spiro atoms. The summed E-state index contributed by atoms with van der Waals surface area (Å²) < 4.78 is 11.4. The number of nitrogens with one attached hydrogen (secondary N) is 2. The maximum atomic E-state index is 13.0. The van der Waals surface area contributed by atoms with Crippen LogP contribution in [0.4, 0.5) is 22.1 Å². The van der Waals surface area contributed by atoms with Gasteiger partial charge in [-0.3, -0.25) is 19.2 Å². The zero-order chi connectivity index (χ0) is 31.9. The molecule has 1 aliphatic carbocycles. The topological polar surface area (TPSA) is 119 Å². The highest BCUT2D eigenvalue weighted by atomic mass is 16.7. The maximum Gasteiger partial charge on any atom is 0.512 e. The number of hydrogen-bond donors (Lipinski definition) is 2. The molecule has 1 amide bonds. The number of likely N-dealkylation sites (N-methyl/N-ethyl adjacent to an activating group) is 1. The molecule has 1 saturated heterocycles. The highest BCUT2D eigenvalue weighted by Gasteiger charge is 2.31. The molecule has 11 heteroatoms. The number of quaternary nitrogens is 1. The SMILES string of the molecule is Cc1cc(NC(=O)c2ccc(CN3CC[N+](C)(COC(=O)OC4CCC4)CC3)cc2)ccc1Nc1nccc(-c2cccnc2)n1. The van der Waals surface area contributed by atoms with Crippen molar-refractivity contribution in [3.05, 3.63) is 95.9 Å². The van der Waals surface area contributed by atoms with E-state index < -0.39 is 6.16 Å². The van der Waals surface area contributed by atoms with Crippen LogP contribution < -0.4 is 10.6 Å². The average molecular weight is 623 g/mol. The summed E-state index contributed by atoms with van der Waals surface area (Å²) in [4.78, 5) is 40.5. The van der Waals surface area contributed by atoms with Gasteiger partial charge < -0.3 is 20.1 Å². The number of piperazine rings is 1. The number of carbonyl (C=O) groups excluding carboxylic acids is 2. The lowest BCUT2D eigenvalue weighted by Crippen LogP contribution is -2.58. The lowest BCUT2D eigenvalue weighted by molar-refractivity contribution is -0.929. The Hall–Kier alpha value is -4.87. The van der Waals surface area contributed by atoms with Crippen molar-refractivity contribution in [3.8, 4) is 11.3 Å². The molecule has 46 heavy (non-hydrogen) atoms. The average Bonchev–Trinajstić information content (AvgIpc) is 3.05. The number of aromatic nitrogens is 3. The van der Waals surface area contributed by atoms with Crippen LogP contribution in [0, 0.1) is 6.92 Å². The molecule has 6 rings (SSSR count). The van der Waals surface area contributed by atoms with Crippen LogP contribution in [0.2, 0.25) is 0 Å². The molecule has 11 nitrogen and oxygen atoms in total. The third-order valence-electron chi connectivity index (χ3n) is 8.69. The summed E-state index contributed by atoms with van der Waals surface area (Å²) in [5, 5.41) is 6.28. The minimum atomic E-state index is -0.547. The van der Waals surface area contributed by atoms with Crippen LogP contribution in [0.1, 0.15) is 40.7 Å². The van der Waals surface area contributed by atoms with Gasteiger partial charge in [0.05, 0.1) is 25.8 Å². The Morgan fingerprint density at radius 3 is 2.52 bits per heavy atom. The highest BCUT2D eigenvalue weighted by molar-refractivity contribution is 6.04. The molecule has 0 atom stereocenters. The number of rotatable bonds is 10. The van der Waals surface area contributed by atoms with Crippen molar-refractivity contribution in [1.29, 1.82) is 0 Å². The number of pyridine rings is 1. The smallest absolute Gasteiger partial charge is 0.431 e. The first kappa shape index (κ1) is 31.1. The fourth-order valence-electron chi connectivity index (χ4n) is 5.46. The van der Waals surface area contributed by atoms with Crippen molar-refractivity contribution in [3.63, 3.8) is 0 Å². The van der Waals surface area contributed by atoms with Crippen molar-refractivity contribution in [1.82, 2.24) is 19.9 Å². The molecule has 2 N–H and O–H groups in total. The monoisotopic (exact) mass is 622 g/mol. The minimum absolute atomic E-state index is 0.0371. The molecule has 0 radical (unpaired) electrons. The van der Waals surface area contributed by atoms with Gasteiger partial charge in [-0.05, 0) is 85.8 Å². The summed E-state index contributed by atoms with van der Waals surface area (Å²) in [6.07, 6.45) is 7.69. The van der Waals surface area contributed by atoms with E-state index >= 15 is 0 Å². The lowest BCUT2D eigenvalue weighted by Gasteiger charge is -2.41. The number of carbonyl (C=O) groups is 2. The van der Waals surface area contributed by atoms with Crippen molar-refractivity contribution < 1.29 is 23.5 Å². The molecule has 2 aromatic carbocycles. The van der Waals surface area contributed by atoms with Crippen LogP contribution in [0.15, 0.2) is 79.3 Å². The van der Waals surface area contributed by atoms with E-state index in [0.717, 1.165) is 80.1 Å². The Labute approximate surface area is 269 Å². The molecular weight excluding hydrogens is 582 g/mol. The molecule has 4 aromatic rings. The summed E-state index contributed by atoms with van der Waals surface area (Å²) in [7, 11) is 2.12. The van der Waals surface area contributed by atoms with Crippen molar-refractivity contribution in [2.24, 2.45) is 0 Å². The van der Waals surface area contributed by atoms with E-state index in [2.05, 4.69) is 37.5 Å². The predicted octanol–water partition coefficient (Wildman–Crippen LogP) is 5.77. The second-order valence-electron chi connectivity index (χ2n) is 12.4. The zero-order valence-electron chi connectivity index (χ0n) is 26.3. The van der Waals surface area contributed by atoms with Gasteiger partial charge >= 0.3 is 6.16 Å². The van der Waals surface area contributed by atoms with Gasteiger partial charge in [0.15, 0.2) is 0 Å². The molecule has 3 heterocycles. The van der Waals surface area contributed by atoms with Crippen LogP contribution >= 0.6 is 0 Å². The van der Waals surface area contributed by atoms with Crippen molar-refractivity contribution >= 4 is 29.4 Å². The van der Waals surface area contributed by atoms with E-state index in [9.17, 15) is 9.59 Å². The first-order valence-electron chi connectivity index (χ1n) is 15.7. The van der Waals surface area contributed by atoms with Crippen LogP contribution in [-0.2, 0) is 16.0 Å². The number of amides is 1. The molecular formula is C35H40N7O4+. The van der Waals surface area contributed by atoms with E-state index in [-0.39, 0.29) is 12.0 Å². The summed E-state index contributed by atoms with van der Waals surface area (Å²) in [6, 6.07) is 19.1. The van der Waals surface area contributed by atoms with Crippen LogP contribution in [0.5, 0.6) is 0 Å². The van der Waals surface area contributed by atoms with Gasteiger partial charge in [-0.1, -0.05) is 12.1 Å². The number of anilines is 3.